The zero-order chi connectivity index (χ0) is 25.2. The van der Waals surface area contributed by atoms with E-state index in [9.17, 15) is 19.1 Å². The van der Waals surface area contributed by atoms with Crippen LogP contribution in [0.1, 0.15) is 30.2 Å². The first-order valence-corrected chi connectivity index (χ1v) is 11.7. The highest BCUT2D eigenvalue weighted by Gasteiger charge is 2.46. The van der Waals surface area contributed by atoms with Gasteiger partial charge in [-0.15, -0.1) is 0 Å². The SMILES string of the molecule is CCCc1nn(-c2ccccc2)c([O-])c1C1=C([n+]2ccccc2)C(=O)N(Cc2ccc(F)cc2)C1=O. The zero-order valence-electron chi connectivity index (χ0n) is 19.6. The van der Waals surface area contributed by atoms with Crippen molar-refractivity contribution in [2.24, 2.45) is 0 Å². The number of nitrogens with zero attached hydrogens (tertiary/aromatic N) is 4. The lowest BCUT2D eigenvalue weighted by Gasteiger charge is -2.15. The van der Waals surface area contributed by atoms with E-state index in [1.54, 1.807) is 59.4 Å². The fourth-order valence-corrected chi connectivity index (χ4v) is 4.34. The molecule has 180 valence electrons. The molecule has 0 spiro atoms. The third-order valence-corrected chi connectivity index (χ3v) is 6.02. The number of rotatable bonds is 7. The number of pyridine rings is 1. The van der Waals surface area contributed by atoms with Gasteiger partial charge in [0.05, 0.1) is 17.9 Å². The number of benzene rings is 2. The summed E-state index contributed by atoms with van der Waals surface area (Å²) in [5, 5.41) is 18.3. The van der Waals surface area contributed by atoms with Gasteiger partial charge in [-0.2, -0.15) is 9.67 Å². The number of hydrogen-bond donors (Lipinski definition) is 0. The number of aryl methyl sites for hydroxylation is 1. The second-order valence-electron chi connectivity index (χ2n) is 8.45. The topological polar surface area (TPSA) is 82.1 Å². The molecule has 7 nitrogen and oxygen atoms in total. The van der Waals surface area contributed by atoms with Crippen molar-refractivity contribution in [1.29, 1.82) is 0 Å². The molecule has 0 atom stereocenters. The first kappa shape index (κ1) is 23.2. The average Bonchev–Trinajstić information content (AvgIpc) is 3.34. The van der Waals surface area contributed by atoms with Crippen LogP contribution in [0.5, 0.6) is 5.88 Å². The number of hydrogen-bond acceptors (Lipinski definition) is 4. The number of carbonyl (C=O) groups excluding carboxylic acids is 2. The van der Waals surface area contributed by atoms with Gasteiger partial charge in [-0.1, -0.05) is 49.7 Å². The Kier molecular flexibility index (Phi) is 6.16. The van der Waals surface area contributed by atoms with Gasteiger partial charge in [-0.05, 0) is 42.1 Å². The maximum atomic E-state index is 13.8. The van der Waals surface area contributed by atoms with E-state index in [-0.39, 0.29) is 23.4 Å². The van der Waals surface area contributed by atoms with E-state index >= 15 is 0 Å². The minimum atomic E-state index is -0.585. The Morgan fingerprint density at radius 1 is 0.917 bits per heavy atom. The molecule has 36 heavy (non-hydrogen) atoms. The second kappa shape index (κ2) is 9.58. The minimum Gasteiger partial charge on any atom is -0.858 e. The average molecular weight is 483 g/mol. The Balaban J connectivity index is 1.69. The lowest BCUT2D eigenvalue weighted by Crippen LogP contribution is -2.39. The van der Waals surface area contributed by atoms with Crippen LogP contribution in [0, 0.1) is 5.82 Å². The monoisotopic (exact) mass is 482 g/mol. The van der Waals surface area contributed by atoms with Crippen molar-refractivity contribution in [3.05, 3.63) is 108 Å². The van der Waals surface area contributed by atoms with E-state index < -0.39 is 23.5 Å². The van der Waals surface area contributed by atoms with Crippen LogP contribution in [-0.2, 0) is 22.6 Å². The summed E-state index contributed by atoms with van der Waals surface area (Å²) in [5.74, 6) is -1.99. The third-order valence-electron chi connectivity index (χ3n) is 6.02. The van der Waals surface area contributed by atoms with E-state index in [2.05, 4.69) is 5.10 Å². The smallest absolute Gasteiger partial charge is 0.327 e. The van der Waals surface area contributed by atoms with Crippen molar-refractivity contribution in [2.45, 2.75) is 26.3 Å². The van der Waals surface area contributed by atoms with Gasteiger partial charge in [-0.25, -0.2) is 9.07 Å². The Morgan fingerprint density at radius 3 is 2.25 bits per heavy atom. The quantitative estimate of drug-likeness (QED) is 0.299. The van der Waals surface area contributed by atoms with E-state index in [1.165, 1.54) is 28.9 Å². The highest BCUT2D eigenvalue weighted by molar-refractivity contribution is 6.44. The van der Waals surface area contributed by atoms with Crippen LogP contribution in [0.3, 0.4) is 0 Å². The number of para-hydroxylation sites is 1. The summed E-state index contributed by atoms with van der Waals surface area (Å²) in [6, 6.07) is 19.8. The number of amides is 2. The van der Waals surface area contributed by atoms with Gasteiger partial charge >= 0.3 is 5.91 Å². The summed E-state index contributed by atoms with van der Waals surface area (Å²) >= 11 is 0. The van der Waals surface area contributed by atoms with Gasteiger partial charge in [0.2, 0.25) is 0 Å². The lowest BCUT2D eigenvalue weighted by molar-refractivity contribution is -0.576. The van der Waals surface area contributed by atoms with Gasteiger partial charge in [0, 0.05) is 17.7 Å². The second-order valence-corrected chi connectivity index (χ2v) is 8.45. The third kappa shape index (κ3) is 4.07. The molecule has 8 heteroatoms. The molecule has 0 N–H and O–H groups in total. The fourth-order valence-electron chi connectivity index (χ4n) is 4.34. The van der Waals surface area contributed by atoms with Crippen LogP contribution in [0.15, 0.2) is 85.2 Å². The van der Waals surface area contributed by atoms with Crippen LogP contribution in [0.2, 0.25) is 0 Å². The summed E-state index contributed by atoms with van der Waals surface area (Å²) in [6.07, 6.45) is 4.47. The molecule has 1 aliphatic heterocycles. The summed E-state index contributed by atoms with van der Waals surface area (Å²) in [4.78, 5) is 28.6. The van der Waals surface area contributed by atoms with Crippen LogP contribution in [-0.4, -0.2) is 26.5 Å². The van der Waals surface area contributed by atoms with Crippen LogP contribution >= 0.6 is 0 Å². The van der Waals surface area contributed by atoms with Crippen LogP contribution < -0.4 is 9.67 Å². The summed E-state index contributed by atoms with van der Waals surface area (Å²) in [5.41, 5.74) is 1.86. The molecule has 3 heterocycles. The molecule has 2 aromatic carbocycles. The van der Waals surface area contributed by atoms with Gasteiger partial charge in [-0.3, -0.25) is 14.5 Å². The number of carbonyl (C=O) groups is 2. The van der Waals surface area contributed by atoms with Crippen molar-refractivity contribution >= 4 is 23.1 Å². The summed E-state index contributed by atoms with van der Waals surface area (Å²) in [7, 11) is 0. The Hall–Kier alpha value is -4.59. The number of aromatic nitrogens is 3. The predicted octanol–water partition coefficient (Wildman–Crippen LogP) is 3.26. The Labute approximate surface area is 207 Å². The maximum absolute atomic E-state index is 13.8. The number of imide groups is 1. The normalized spacial score (nSPS) is 13.7. The lowest BCUT2D eigenvalue weighted by atomic mass is 10.0. The molecule has 2 aromatic heterocycles. The van der Waals surface area contributed by atoms with Crippen LogP contribution in [0.25, 0.3) is 17.0 Å². The molecule has 0 fully saturated rings. The van der Waals surface area contributed by atoms with E-state index in [4.69, 9.17) is 0 Å². The van der Waals surface area contributed by atoms with Crippen molar-refractivity contribution in [1.82, 2.24) is 14.7 Å². The molecule has 1 aliphatic rings. The van der Waals surface area contributed by atoms with Gasteiger partial charge in [0.25, 0.3) is 11.6 Å². The Morgan fingerprint density at radius 2 is 1.58 bits per heavy atom. The molecule has 0 saturated heterocycles. The Bertz CT molecular complexity index is 1460. The molecule has 0 bridgehead atoms. The molecule has 2 amide bonds. The molecule has 0 saturated carbocycles. The molecule has 0 radical (unpaired) electrons. The van der Waals surface area contributed by atoms with Crippen molar-refractivity contribution in [2.75, 3.05) is 0 Å². The standard InChI is InChI=1S/C28H23FN4O3/c1-2-9-22-23(27(35)33(30-22)21-10-5-3-6-11-21)24-25(31-16-7-4-8-17-31)28(36)32(26(24)34)18-19-12-14-20(29)15-13-19/h3-8,10-17H,2,9,18H2,1H3. The predicted molar refractivity (Wildman–Crippen MR) is 129 cm³/mol. The summed E-state index contributed by atoms with van der Waals surface area (Å²) < 4.78 is 16.3. The fraction of sp³-hybridized carbons (Fsp3) is 0.143. The van der Waals surface area contributed by atoms with Crippen molar-refractivity contribution in [3.8, 4) is 11.6 Å². The van der Waals surface area contributed by atoms with E-state index in [0.717, 1.165) is 4.90 Å². The van der Waals surface area contributed by atoms with E-state index in [0.29, 0.717) is 29.8 Å². The minimum absolute atomic E-state index is 0.0222. The maximum Gasteiger partial charge on any atom is 0.327 e. The van der Waals surface area contributed by atoms with Gasteiger partial charge in [0.1, 0.15) is 11.4 Å². The molecule has 5 rings (SSSR count). The first-order valence-electron chi connectivity index (χ1n) is 11.7. The largest absolute Gasteiger partial charge is 0.858 e. The van der Waals surface area contributed by atoms with Crippen molar-refractivity contribution in [3.63, 3.8) is 0 Å². The molecule has 0 aliphatic carbocycles. The molecule has 0 unspecified atom stereocenters. The highest BCUT2D eigenvalue weighted by Crippen LogP contribution is 2.37. The first-order chi connectivity index (χ1) is 17.5. The van der Waals surface area contributed by atoms with Gasteiger partial charge in [0.15, 0.2) is 12.4 Å². The molecule has 4 aromatic rings. The zero-order valence-corrected chi connectivity index (χ0v) is 19.6. The highest BCUT2D eigenvalue weighted by atomic mass is 19.1. The molecular weight excluding hydrogens is 459 g/mol. The molecular formula is C28H23FN4O3. The van der Waals surface area contributed by atoms with Gasteiger partial charge < -0.3 is 5.11 Å². The van der Waals surface area contributed by atoms with Crippen LogP contribution in [0.4, 0.5) is 4.39 Å². The summed E-state index contributed by atoms with van der Waals surface area (Å²) in [6.45, 7) is 1.90. The van der Waals surface area contributed by atoms with Crippen molar-refractivity contribution < 1.29 is 23.7 Å². The van der Waals surface area contributed by atoms with E-state index in [1.807, 2.05) is 13.0 Å². The number of halogens is 1.